The summed E-state index contributed by atoms with van der Waals surface area (Å²) in [7, 11) is 0. The number of hydrogen-bond donors (Lipinski definition) is 1. The molecule has 3 unspecified atom stereocenters. The van der Waals surface area contributed by atoms with Gasteiger partial charge in [0.1, 0.15) is 5.82 Å². The van der Waals surface area contributed by atoms with Crippen molar-refractivity contribution in [3.63, 3.8) is 0 Å². The van der Waals surface area contributed by atoms with E-state index in [0.29, 0.717) is 12.0 Å². The number of halogens is 2. The van der Waals surface area contributed by atoms with Gasteiger partial charge in [-0.25, -0.2) is 4.39 Å². The van der Waals surface area contributed by atoms with E-state index in [4.69, 9.17) is 11.6 Å². The molecule has 0 bridgehead atoms. The topological polar surface area (TPSA) is 12.0 Å². The molecule has 94 valence electrons. The number of likely N-dealkylation sites (N-methyl/N-ethyl adjacent to an activating group) is 1. The summed E-state index contributed by atoms with van der Waals surface area (Å²) in [4.78, 5) is 0. The smallest absolute Gasteiger partial charge is 0.145 e. The molecule has 1 saturated carbocycles. The summed E-state index contributed by atoms with van der Waals surface area (Å²) in [6.45, 7) is 5.27. The van der Waals surface area contributed by atoms with Gasteiger partial charge in [-0.15, -0.1) is 0 Å². The van der Waals surface area contributed by atoms with Crippen LogP contribution in [0.3, 0.4) is 0 Å². The minimum absolute atomic E-state index is 0.224. The predicted octanol–water partition coefficient (Wildman–Crippen LogP) is 3.66. The van der Waals surface area contributed by atoms with Gasteiger partial charge in [-0.05, 0) is 42.9 Å². The molecule has 0 spiro atoms. The molecule has 1 aromatic rings. The van der Waals surface area contributed by atoms with Crippen LogP contribution in [0, 0.1) is 17.7 Å². The minimum atomic E-state index is -0.259. The third kappa shape index (κ3) is 2.99. The maximum absolute atomic E-state index is 13.8. The van der Waals surface area contributed by atoms with Gasteiger partial charge in [-0.3, -0.25) is 0 Å². The minimum Gasteiger partial charge on any atom is -0.314 e. The molecule has 0 saturated heterocycles. The van der Waals surface area contributed by atoms with Crippen LogP contribution in [0.15, 0.2) is 18.2 Å². The zero-order chi connectivity index (χ0) is 12.4. The standard InChI is InChI=1S/C14H19ClFN/c1-3-17-13(11-7-9(11)2)8-10-5-4-6-12(15)14(10)16/h4-6,9,11,13,17H,3,7-8H2,1-2H3. The Balaban J connectivity index is 2.09. The molecule has 1 aromatic carbocycles. The van der Waals surface area contributed by atoms with Crippen molar-refractivity contribution in [2.45, 2.75) is 32.7 Å². The highest BCUT2D eigenvalue weighted by Crippen LogP contribution is 2.41. The van der Waals surface area contributed by atoms with Crippen LogP contribution >= 0.6 is 11.6 Å². The first kappa shape index (κ1) is 12.8. The molecule has 3 heteroatoms. The summed E-state index contributed by atoms with van der Waals surface area (Å²) in [6, 6.07) is 5.63. The highest BCUT2D eigenvalue weighted by molar-refractivity contribution is 6.30. The highest BCUT2D eigenvalue weighted by Gasteiger charge is 2.39. The van der Waals surface area contributed by atoms with Gasteiger partial charge in [0.15, 0.2) is 0 Å². The van der Waals surface area contributed by atoms with Crippen LogP contribution in [-0.2, 0) is 6.42 Å². The van der Waals surface area contributed by atoms with E-state index in [2.05, 4.69) is 19.2 Å². The van der Waals surface area contributed by atoms with Crippen LogP contribution in [0.2, 0.25) is 5.02 Å². The Labute approximate surface area is 107 Å². The van der Waals surface area contributed by atoms with Gasteiger partial charge in [-0.1, -0.05) is 37.6 Å². The maximum atomic E-state index is 13.8. The van der Waals surface area contributed by atoms with E-state index in [9.17, 15) is 4.39 Å². The van der Waals surface area contributed by atoms with Gasteiger partial charge in [0.2, 0.25) is 0 Å². The van der Waals surface area contributed by atoms with E-state index in [1.165, 1.54) is 6.42 Å². The van der Waals surface area contributed by atoms with Gasteiger partial charge in [0.05, 0.1) is 5.02 Å². The average Bonchev–Trinajstić information content (AvgIpc) is 3.01. The molecule has 1 nitrogen and oxygen atoms in total. The van der Waals surface area contributed by atoms with Crippen LogP contribution in [-0.4, -0.2) is 12.6 Å². The van der Waals surface area contributed by atoms with E-state index in [0.717, 1.165) is 24.4 Å². The first-order chi connectivity index (χ1) is 8.13. The third-order valence-corrected chi connectivity index (χ3v) is 3.92. The van der Waals surface area contributed by atoms with Crippen LogP contribution in [0.1, 0.15) is 25.8 Å². The Morgan fingerprint density at radius 1 is 1.53 bits per heavy atom. The lowest BCUT2D eigenvalue weighted by Crippen LogP contribution is -2.33. The quantitative estimate of drug-likeness (QED) is 0.847. The first-order valence-electron chi connectivity index (χ1n) is 6.29. The summed E-state index contributed by atoms with van der Waals surface area (Å²) in [5, 5.41) is 3.68. The summed E-state index contributed by atoms with van der Waals surface area (Å²) < 4.78 is 13.8. The zero-order valence-corrected chi connectivity index (χ0v) is 11.1. The molecule has 1 fully saturated rings. The Morgan fingerprint density at radius 3 is 2.82 bits per heavy atom. The maximum Gasteiger partial charge on any atom is 0.145 e. The zero-order valence-electron chi connectivity index (χ0n) is 10.3. The van der Waals surface area contributed by atoms with Crippen LogP contribution in [0.25, 0.3) is 0 Å². The SMILES string of the molecule is CCNC(Cc1cccc(Cl)c1F)C1CC1C. The summed E-state index contributed by atoms with van der Waals surface area (Å²) in [6.07, 6.45) is 1.98. The lowest BCUT2D eigenvalue weighted by atomic mass is 10.0. The number of hydrogen-bond acceptors (Lipinski definition) is 1. The van der Waals surface area contributed by atoms with Crippen molar-refractivity contribution in [3.05, 3.63) is 34.6 Å². The van der Waals surface area contributed by atoms with Crippen molar-refractivity contribution >= 4 is 11.6 Å². The monoisotopic (exact) mass is 255 g/mol. The van der Waals surface area contributed by atoms with Crippen molar-refractivity contribution < 1.29 is 4.39 Å². The molecule has 0 amide bonds. The van der Waals surface area contributed by atoms with Crippen LogP contribution in [0.5, 0.6) is 0 Å². The van der Waals surface area contributed by atoms with Crippen molar-refractivity contribution in [3.8, 4) is 0 Å². The van der Waals surface area contributed by atoms with Crippen molar-refractivity contribution in [1.29, 1.82) is 0 Å². The van der Waals surface area contributed by atoms with Crippen LogP contribution in [0.4, 0.5) is 4.39 Å². The Kier molecular flexibility index (Phi) is 4.05. The van der Waals surface area contributed by atoms with Crippen molar-refractivity contribution in [2.24, 2.45) is 11.8 Å². The Bertz CT molecular complexity index is 394. The number of rotatable bonds is 5. The van der Waals surface area contributed by atoms with E-state index < -0.39 is 0 Å². The van der Waals surface area contributed by atoms with Gasteiger partial charge >= 0.3 is 0 Å². The van der Waals surface area contributed by atoms with Crippen molar-refractivity contribution in [1.82, 2.24) is 5.32 Å². The fourth-order valence-corrected chi connectivity index (χ4v) is 2.69. The largest absolute Gasteiger partial charge is 0.314 e. The Hall–Kier alpha value is -0.600. The predicted molar refractivity (Wildman–Crippen MR) is 69.8 cm³/mol. The van der Waals surface area contributed by atoms with Gasteiger partial charge in [0.25, 0.3) is 0 Å². The first-order valence-corrected chi connectivity index (χ1v) is 6.67. The van der Waals surface area contributed by atoms with Gasteiger partial charge in [-0.2, -0.15) is 0 Å². The summed E-state index contributed by atoms with van der Waals surface area (Å²) in [5.41, 5.74) is 0.725. The Morgan fingerprint density at radius 2 is 2.24 bits per heavy atom. The average molecular weight is 256 g/mol. The molecule has 0 aliphatic heterocycles. The lowest BCUT2D eigenvalue weighted by molar-refractivity contribution is 0.446. The van der Waals surface area contributed by atoms with Gasteiger partial charge in [0, 0.05) is 6.04 Å². The third-order valence-electron chi connectivity index (χ3n) is 3.63. The molecule has 3 atom stereocenters. The second-order valence-corrected chi connectivity index (χ2v) is 5.37. The molecule has 0 heterocycles. The fourth-order valence-electron chi connectivity index (χ4n) is 2.49. The number of benzene rings is 1. The summed E-state index contributed by atoms with van der Waals surface area (Å²) >= 11 is 5.80. The molecule has 17 heavy (non-hydrogen) atoms. The van der Waals surface area contributed by atoms with E-state index in [-0.39, 0.29) is 10.8 Å². The highest BCUT2D eigenvalue weighted by atomic mass is 35.5. The van der Waals surface area contributed by atoms with Crippen LogP contribution < -0.4 is 5.32 Å². The second kappa shape index (κ2) is 5.36. The van der Waals surface area contributed by atoms with Crippen molar-refractivity contribution in [2.75, 3.05) is 6.54 Å². The molecule has 1 aliphatic rings. The molecule has 1 N–H and O–H groups in total. The molecule has 2 rings (SSSR count). The number of nitrogens with one attached hydrogen (secondary N) is 1. The second-order valence-electron chi connectivity index (χ2n) is 4.96. The normalized spacial score (nSPS) is 24.7. The molecular formula is C14H19ClFN. The molecule has 0 aromatic heterocycles. The van der Waals surface area contributed by atoms with E-state index in [1.54, 1.807) is 6.07 Å². The molecular weight excluding hydrogens is 237 g/mol. The van der Waals surface area contributed by atoms with E-state index >= 15 is 0 Å². The lowest BCUT2D eigenvalue weighted by Gasteiger charge is -2.18. The van der Waals surface area contributed by atoms with Gasteiger partial charge < -0.3 is 5.32 Å². The molecule has 0 radical (unpaired) electrons. The van der Waals surface area contributed by atoms with E-state index in [1.807, 2.05) is 12.1 Å². The fraction of sp³-hybridized carbons (Fsp3) is 0.571. The summed E-state index contributed by atoms with van der Waals surface area (Å²) in [5.74, 6) is 1.19. The molecule has 1 aliphatic carbocycles.